The SMILES string of the molecule is CC(C)COC(=NCc1ccco1)NC(=O)c1cccc(C(F)(F)F)c1. The average molecular weight is 368 g/mol. The van der Waals surface area contributed by atoms with Crippen molar-refractivity contribution >= 4 is 11.9 Å². The van der Waals surface area contributed by atoms with Crippen LogP contribution in [0.15, 0.2) is 52.1 Å². The first-order valence-corrected chi connectivity index (χ1v) is 7.94. The summed E-state index contributed by atoms with van der Waals surface area (Å²) in [6, 6.07) is 7.47. The number of carbonyl (C=O) groups excluding carboxylic acids is 1. The summed E-state index contributed by atoms with van der Waals surface area (Å²) in [5, 5.41) is 2.41. The van der Waals surface area contributed by atoms with Gasteiger partial charge in [-0.05, 0) is 36.2 Å². The smallest absolute Gasteiger partial charge is 0.416 e. The molecule has 2 rings (SSSR count). The first-order chi connectivity index (χ1) is 12.3. The molecule has 0 spiro atoms. The summed E-state index contributed by atoms with van der Waals surface area (Å²) in [6.07, 6.45) is -3.04. The molecule has 0 atom stereocenters. The van der Waals surface area contributed by atoms with E-state index >= 15 is 0 Å². The Morgan fingerprint density at radius 2 is 2.04 bits per heavy atom. The molecule has 8 heteroatoms. The van der Waals surface area contributed by atoms with Crippen LogP contribution in [0.2, 0.25) is 0 Å². The van der Waals surface area contributed by atoms with Gasteiger partial charge in [-0.1, -0.05) is 19.9 Å². The average Bonchev–Trinajstić information content (AvgIpc) is 3.10. The van der Waals surface area contributed by atoms with Crippen LogP contribution in [-0.4, -0.2) is 18.5 Å². The van der Waals surface area contributed by atoms with E-state index in [1.54, 1.807) is 12.1 Å². The molecule has 0 fully saturated rings. The molecule has 0 aliphatic rings. The maximum absolute atomic E-state index is 12.8. The molecule has 1 heterocycles. The molecule has 26 heavy (non-hydrogen) atoms. The monoisotopic (exact) mass is 368 g/mol. The Kier molecular flexibility index (Phi) is 6.43. The number of alkyl halides is 3. The van der Waals surface area contributed by atoms with Gasteiger partial charge in [0.05, 0.1) is 18.4 Å². The van der Waals surface area contributed by atoms with Crippen molar-refractivity contribution in [1.29, 1.82) is 0 Å². The van der Waals surface area contributed by atoms with Crippen molar-refractivity contribution < 1.29 is 27.1 Å². The van der Waals surface area contributed by atoms with Crippen LogP contribution in [0.4, 0.5) is 13.2 Å². The van der Waals surface area contributed by atoms with E-state index in [1.807, 2.05) is 13.8 Å². The van der Waals surface area contributed by atoms with Crippen LogP contribution in [0.25, 0.3) is 0 Å². The van der Waals surface area contributed by atoms with Crippen LogP contribution in [-0.2, 0) is 17.5 Å². The lowest BCUT2D eigenvalue weighted by Crippen LogP contribution is -2.33. The van der Waals surface area contributed by atoms with Gasteiger partial charge in [-0.25, -0.2) is 4.99 Å². The second kappa shape index (κ2) is 8.55. The minimum atomic E-state index is -4.53. The Hall–Kier alpha value is -2.77. The predicted molar refractivity (Wildman–Crippen MR) is 89.5 cm³/mol. The van der Waals surface area contributed by atoms with Gasteiger partial charge in [0.1, 0.15) is 12.3 Å². The molecule has 5 nitrogen and oxygen atoms in total. The summed E-state index contributed by atoms with van der Waals surface area (Å²) in [5.74, 6) is -0.00344. The van der Waals surface area contributed by atoms with Gasteiger partial charge in [-0.2, -0.15) is 13.2 Å². The van der Waals surface area contributed by atoms with Crippen molar-refractivity contribution in [2.45, 2.75) is 26.6 Å². The third-order valence-electron chi connectivity index (χ3n) is 3.18. The molecular weight excluding hydrogens is 349 g/mol. The molecule has 0 saturated heterocycles. The van der Waals surface area contributed by atoms with Gasteiger partial charge in [0.25, 0.3) is 11.9 Å². The van der Waals surface area contributed by atoms with E-state index in [-0.39, 0.29) is 24.0 Å². The molecule has 0 saturated carbocycles. The van der Waals surface area contributed by atoms with Gasteiger partial charge in [-0.3, -0.25) is 10.1 Å². The number of amidine groups is 1. The Labute approximate surface area is 148 Å². The fraction of sp³-hybridized carbons (Fsp3) is 0.333. The summed E-state index contributed by atoms with van der Waals surface area (Å²) in [4.78, 5) is 16.4. The lowest BCUT2D eigenvalue weighted by molar-refractivity contribution is -0.137. The maximum Gasteiger partial charge on any atom is 0.416 e. The third-order valence-corrected chi connectivity index (χ3v) is 3.18. The Morgan fingerprint density at radius 3 is 2.65 bits per heavy atom. The van der Waals surface area contributed by atoms with E-state index in [4.69, 9.17) is 9.15 Å². The highest BCUT2D eigenvalue weighted by Crippen LogP contribution is 2.29. The quantitative estimate of drug-likeness (QED) is 0.634. The van der Waals surface area contributed by atoms with Crippen LogP contribution in [0, 0.1) is 5.92 Å². The normalized spacial score (nSPS) is 12.3. The molecule has 1 amide bonds. The van der Waals surface area contributed by atoms with Crippen molar-refractivity contribution in [3.05, 3.63) is 59.5 Å². The van der Waals surface area contributed by atoms with Crippen molar-refractivity contribution in [2.24, 2.45) is 10.9 Å². The number of hydrogen-bond donors (Lipinski definition) is 1. The predicted octanol–water partition coefficient (Wildman–Crippen LogP) is 4.26. The minimum Gasteiger partial charge on any atom is -0.467 e. The first-order valence-electron chi connectivity index (χ1n) is 7.94. The standard InChI is InChI=1S/C18H19F3N2O3/c1-12(2)11-26-17(22-10-15-7-4-8-25-15)23-16(24)13-5-3-6-14(9-13)18(19,20)21/h3-9,12H,10-11H2,1-2H3,(H,22,23,24). The minimum absolute atomic E-state index is 0.0717. The highest BCUT2D eigenvalue weighted by atomic mass is 19.4. The number of ether oxygens (including phenoxy) is 1. The molecule has 1 aromatic carbocycles. The van der Waals surface area contributed by atoms with Crippen molar-refractivity contribution in [1.82, 2.24) is 5.32 Å². The molecule has 0 unspecified atom stereocenters. The second-order valence-electron chi connectivity index (χ2n) is 5.94. The molecule has 2 aromatic rings. The van der Waals surface area contributed by atoms with Crippen molar-refractivity contribution in [3.8, 4) is 0 Å². The van der Waals surface area contributed by atoms with Gasteiger partial charge in [0.15, 0.2) is 0 Å². The van der Waals surface area contributed by atoms with Gasteiger partial charge in [0, 0.05) is 5.56 Å². The number of nitrogens with zero attached hydrogens (tertiary/aromatic N) is 1. The topological polar surface area (TPSA) is 63.8 Å². The number of carbonyl (C=O) groups is 1. The molecule has 1 aromatic heterocycles. The summed E-state index contributed by atoms with van der Waals surface area (Å²) in [7, 11) is 0. The maximum atomic E-state index is 12.8. The van der Waals surface area contributed by atoms with Gasteiger partial charge < -0.3 is 9.15 Å². The lowest BCUT2D eigenvalue weighted by atomic mass is 10.1. The summed E-state index contributed by atoms with van der Waals surface area (Å²) >= 11 is 0. The van der Waals surface area contributed by atoms with Gasteiger partial charge in [0.2, 0.25) is 0 Å². The Bertz CT molecular complexity index is 753. The molecule has 140 valence electrons. The number of halogens is 3. The highest BCUT2D eigenvalue weighted by molar-refractivity contribution is 6.04. The zero-order valence-corrected chi connectivity index (χ0v) is 14.3. The number of amides is 1. The van der Waals surface area contributed by atoms with E-state index in [0.717, 1.165) is 12.1 Å². The Balaban J connectivity index is 2.13. The summed E-state index contributed by atoms with van der Waals surface area (Å²) in [6.45, 7) is 4.25. The number of rotatable bonds is 5. The molecule has 1 N–H and O–H groups in total. The van der Waals surface area contributed by atoms with Gasteiger partial charge in [-0.15, -0.1) is 0 Å². The number of nitrogens with one attached hydrogen (secondary N) is 1. The van der Waals surface area contributed by atoms with Crippen LogP contribution < -0.4 is 5.32 Å². The largest absolute Gasteiger partial charge is 0.467 e. The number of aliphatic imine (C=N–C) groups is 1. The lowest BCUT2D eigenvalue weighted by Gasteiger charge is -2.13. The van der Waals surface area contributed by atoms with E-state index in [0.29, 0.717) is 12.4 Å². The van der Waals surface area contributed by atoms with Crippen LogP contribution in [0.3, 0.4) is 0 Å². The number of furan rings is 1. The van der Waals surface area contributed by atoms with E-state index in [9.17, 15) is 18.0 Å². The fourth-order valence-electron chi connectivity index (χ4n) is 1.93. The fourth-order valence-corrected chi connectivity index (χ4v) is 1.93. The van der Waals surface area contributed by atoms with Crippen molar-refractivity contribution in [2.75, 3.05) is 6.61 Å². The summed E-state index contributed by atoms with van der Waals surface area (Å²) < 4.78 is 49.0. The van der Waals surface area contributed by atoms with Crippen LogP contribution >= 0.6 is 0 Å². The third kappa shape index (κ3) is 5.94. The molecule has 0 radical (unpaired) electrons. The zero-order valence-electron chi connectivity index (χ0n) is 14.3. The zero-order chi connectivity index (χ0) is 19.2. The van der Waals surface area contributed by atoms with E-state index in [2.05, 4.69) is 10.3 Å². The van der Waals surface area contributed by atoms with E-state index in [1.165, 1.54) is 18.4 Å². The Morgan fingerprint density at radius 1 is 1.27 bits per heavy atom. The van der Waals surface area contributed by atoms with Crippen LogP contribution in [0.1, 0.15) is 35.5 Å². The molecule has 0 aliphatic carbocycles. The number of hydrogen-bond acceptors (Lipinski definition) is 4. The molecule has 0 aliphatic heterocycles. The highest BCUT2D eigenvalue weighted by Gasteiger charge is 2.31. The van der Waals surface area contributed by atoms with Crippen molar-refractivity contribution in [3.63, 3.8) is 0 Å². The first kappa shape index (κ1) is 19.6. The van der Waals surface area contributed by atoms with E-state index < -0.39 is 17.6 Å². The summed E-state index contributed by atoms with van der Waals surface area (Å²) in [5.41, 5.74) is -1.04. The van der Waals surface area contributed by atoms with Crippen LogP contribution in [0.5, 0.6) is 0 Å². The van der Waals surface area contributed by atoms with Gasteiger partial charge >= 0.3 is 6.18 Å². The second-order valence-corrected chi connectivity index (χ2v) is 5.94. The molecular formula is C18H19F3N2O3. The number of benzene rings is 1. The molecule has 0 bridgehead atoms.